The molecule has 1 aliphatic rings. The third-order valence-corrected chi connectivity index (χ3v) is 3.83. The second-order valence-electron chi connectivity index (χ2n) is 5.07. The number of hydrogen-bond donors (Lipinski definition) is 1. The van der Waals surface area contributed by atoms with Crippen LogP contribution in [0.4, 0.5) is 5.95 Å². The normalized spacial score (nSPS) is 20.4. The van der Waals surface area contributed by atoms with Crippen LogP contribution < -0.4 is 10.2 Å². The van der Waals surface area contributed by atoms with Crippen molar-refractivity contribution in [3.05, 3.63) is 11.9 Å². The van der Waals surface area contributed by atoms with Crippen molar-refractivity contribution in [2.75, 3.05) is 25.0 Å². The van der Waals surface area contributed by atoms with Gasteiger partial charge in [-0.3, -0.25) is 0 Å². The number of anilines is 1. The van der Waals surface area contributed by atoms with Gasteiger partial charge in [0.1, 0.15) is 0 Å². The van der Waals surface area contributed by atoms with E-state index in [2.05, 4.69) is 34.8 Å². The van der Waals surface area contributed by atoms with Crippen molar-refractivity contribution in [2.24, 2.45) is 0 Å². The number of rotatable bonds is 5. The number of aryl methyl sites for hydroxylation is 2. The predicted octanol–water partition coefficient (Wildman–Crippen LogP) is 2.04. The van der Waals surface area contributed by atoms with E-state index in [-0.39, 0.29) is 0 Å². The lowest BCUT2D eigenvalue weighted by atomic mass is 10.0. The van der Waals surface area contributed by atoms with E-state index in [0.717, 1.165) is 26.1 Å². The summed E-state index contributed by atoms with van der Waals surface area (Å²) in [6, 6.07) is 0.598. The molecule has 4 nitrogen and oxygen atoms in total. The van der Waals surface area contributed by atoms with E-state index < -0.39 is 0 Å². The second-order valence-corrected chi connectivity index (χ2v) is 5.07. The summed E-state index contributed by atoms with van der Waals surface area (Å²) in [4.78, 5) is 7.32. The van der Waals surface area contributed by atoms with Crippen molar-refractivity contribution < 1.29 is 0 Å². The highest BCUT2D eigenvalue weighted by Gasteiger charge is 2.25. The predicted molar refractivity (Wildman–Crippen MR) is 76.2 cm³/mol. The van der Waals surface area contributed by atoms with Gasteiger partial charge in [0.25, 0.3) is 0 Å². The Bertz CT molecular complexity index is 370. The fourth-order valence-corrected chi connectivity index (χ4v) is 2.80. The minimum absolute atomic E-state index is 0.598. The SMILES string of the molecule is CCc1cn(CC)c(N2CCCCC2CNC)n1. The maximum absolute atomic E-state index is 4.82. The zero-order chi connectivity index (χ0) is 13.0. The monoisotopic (exact) mass is 250 g/mol. The average molecular weight is 250 g/mol. The summed E-state index contributed by atoms with van der Waals surface area (Å²) < 4.78 is 2.30. The van der Waals surface area contributed by atoms with Crippen molar-refractivity contribution in [2.45, 2.75) is 52.1 Å². The quantitative estimate of drug-likeness (QED) is 0.868. The van der Waals surface area contributed by atoms with Crippen LogP contribution in [-0.2, 0) is 13.0 Å². The van der Waals surface area contributed by atoms with Crippen molar-refractivity contribution in [1.29, 1.82) is 0 Å². The van der Waals surface area contributed by atoms with Gasteiger partial charge in [-0.2, -0.15) is 0 Å². The molecule has 1 aromatic rings. The van der Waals surface area contributed by atoms with Crippen molar-refractivity contribution in [1.82, 2.24) is 14.9 Å². The molecular formula is C14H26N4. The summed E-state index contributed by atoms with van der Waals surface area (Å²) in [6.07, 6.45) is 7.14. The smallest absolute Gasteiger partial charge is 0.206 e. The van der Waals surface area contributed by atoms with Crippen molar-refractivity contribution in [3.63, 3.8) is 0 Å². The second kappa shape index (κ2) is 6.23. The molecule has 1 aromatic heterocycles. The molecule has 1 N–H and O–H groups in total. The van der Waals surface area contributed by atoms with E-state index in [0.29, 0.717) is 6.04 Å². The standard InChI is InChI=1S/C14H26N4/c1-4-12-11-17(5-2)14(16-12)18-9-7-6-8-13(18)10-15-3/h11,13,15H,4-10H2,1-3H3. The summed E-state index contributed by atoms with van der Waals surface area (Å²) in [5, 5.41) is 3.32. The number of piperidine rings is 1. The van der Waals surface area contributed by atoms with Crippen molar-refractivity contribution in [3.8, 4) is 0 Å². The van der Waals surface area contributed by atoms with Gasteiger partial charge in [-0.1, -0.05) is 6.92 Å². The van der Waals surface area contributed by atoms with Crippen LogP contribution in [0.3, 0.4) is 0 Å². The summed E-state index contributed by atoms with van der Waals surface area (Å²) in [6.45, 7) is 7.57. The lowest BCUT2D eigenvalue weighted by molar-refractivity contribution is 0.435. The van der Waals surface area contributed by atoms with Gasteiger partial charge in [0.05, 0.1) is 5.69 Å². The lowest BCUT2D eigenvalue weighted by Gasteiger charge is -2.36. The van der Waals surface area contributed by atoms with Crippen molar-refractivity contribution >= 4 is 5.95 Å². The summed E-state index contributed by atoms with van der Waals surface area (Å²) >= 11 is 0. The van der Waals surface area contributed by atoms with E-state index in [1.54, 1.807) is 0 Å². The third-order valence-electron chi connectivity index (χ3n) is 3.83. The Kier molecular flexibility index (Phi) is 4.64. The zero-order valence-corrected chi connectivity index (χ0v) is 11.9. The van der Waals surface area contributed by atoms with Gasteiger partial charge >= 0.3 is 0 Å². The number of nitrogens with zero attached hydrogens (tertiary/aromatic N) is 3. The van der Waals surface area contributed by atoms with E-state index in [1.807, 2.05) is 7.05 Å². The largest absolute Gasteiger partial charge is 0.338 e. The highest BCUT2D eigenvalue weighted by atomic mass is 15.3. The highest BCUT2D eigenvalue weighted by Crippen LogP contribution is 2.24. The summed E-state index contributed by atoms with van der Waals surface area (Å²) in [5.41, 5.74) is 1.21. The van der Waals surface area contributed by atoms with Gasteiger partial charge in [0, 0.05) is 31.9 Å². The van der Waals surface area contributed by atoms with E-state index in [4.69, 9.17) is 4.98 Å². The number of imidazole rings is 1. The Hall–Kier alpha value is -1.03. The van der Waals surface area contributed by atoms with Crippen LogP contribution in [0.15, 0.2) is 6.20 Å². The first-order chi connectivity index (χ1) is 8.80. The molecule has 0 amide bonds. The topological polar surface area (TPSA) is 33.1 Å². The molecule has 0 aromatic carbocycles. The number of likely N-dealkylation sites (N-methyl/N-ethyl adjacent to an activating group) is 1. The minimum atomic E-state index is 0.598. The van der Waals surface area contributed by atoms with Gasteiger partial charge in [0.15, 0.2) is 0 Å². The van der Waals surface area contributed by atoms with Crippen LogP contribution >= 0.6 is 0 Å². The van der Waals surface area contributed by atoms with Crippen LogP contribution in [0.1, 0.15) is 38.8 Å². The van der Waals surface area contributed by atoms with Gasteiger partial charge in [-0.05, 0) is 39.7 Å². The van der Waals surface area contributed by atoms with E-state index in [9.17, 15) is 0 Å². The summed E-state index contributed by atoms with van der Waals surface area (Å²) in [5.74, 6) is 1.18. The highest BCUT2D eigenvalue weighted by molar-refractivity contribution is 5.36. The molecule has 0 radical (unpaired) electrons. The van der Waals surface area contributed by atoms with E-state index in [1.165, 1.54) is 30.9 Å². The maximum Gasteiger partial charge on any atom is 0.206 e. The average Bonchev–Trinajstić information content (AvgIpc) is 2.83. The number of aromatic nitrogens is 2. The molecule has 0 bridgehead atoms. The first-order valence-corrected chi connectivity index (χ1v) is 7.27. The van der Waals surface area contributed by atoms with Gasteiger partial charge in [-0.25, -0.2) is 4.98 Å². The molecule has 1 unspecified atom stereocenters. The van der Waals surface area contributed by atoms with Crippen LogP contribution in [0, 0.1) is 0 Å². The van der Waals surface area contributed by atoms with Gasteiger partial charge in [-0.15, -0.1) is 0 Å². The van der Waals surface area contributed by atoms with E-state index >= 15 is 0 Å². The van der Waals surface area contributed by atoms with Crippen LogP contribution in [0.25, 0.3) is 0 Å². The molecule has 0 aliphatic carbocycles. The minimum Gasteiger partial charge on any atom is -0.338 e. The maximum atomic E-state index is 4.82. The molecule has 0 spiro atoms. The molecule has 1 atom stereocenters. The fourth-order valence-electron chi connectivity index (χ4n) is 2.80. The fraction of sp³-hybridized carbons (Fsp3) is 0.786. The molecule has 1 fully saturated rings. The molecule has 4 heteroatoms. The molecule has 0 saturated carbocycles. The number of hydrogen-bond acceptors (Lipinski definition) is 3. The first-order valence-electron chi connectivity index (χ1n) is 7.27. The zero-order valence-electron chi connectivity index (χ0n) is 11.9. The molecule has 2 rings (SSSR count). The Morgan fingerprint density at radius 2 is 2.22 bits per heavy atom. The third kappa shape index (κ3) is 2.69. The Morgan fingerprint density at radius 1 is 1.39 bits per heavy atom. The van der Waals surface area contributed by atoms with Crippen LogP contribution in [0.2, 0.25) is 0 Å². The van der Waals surface area contributed by atoms with Gasteiger partial charge in [0.2, 0.25) is 5.95 Å². The first kappa shape index (κ1) is 13.4. The Balaban J connectivity index is 2.23. The van der Waals surface area contributed by atoms with Crippen LogP contribution in [-0.4, -0.2) is 35.7 Å². The Morgan fingerprint density at radius 3 is 2.89 bits per heavy atom. The molecule has 18 heavy (non-hydrogen) atoms. The lowest BCUT2D eigenvalue weighted by Crippen LogP contribution is -2.46. The summed E-state index contributed by atoms with van der Waals surface area (Å²) in [7, 11) is 2.04. The number of nitrogens with one attached hydrogen (secondary N) is 1. The molecule has 102 valence electrons. The molecule has 1 aliphatic heterocycles. The Labute approximate surface area is 110 Å². The van der Waals surface area contributed by atoms with Crippen LogP contribution in [0.5, 0.6) is 0 Å². The molecule has 1 saturated heterocycles. The molecule has 2 heterocycles. The van der Waals surface area contributed by atoms with Gasteiger partial charge < -0.3 is 14.8 Å². The molecular weight excluding hydrogens is 224 g/mol.